The molecule has 13 heavy (non-hydrogen) atoms. The molecule has 1 aromatic carbocycles. The van der Waals surface area contributed by atoms with Crippen LogP contribution in [0, 0.1) is 0 Å². The number of benzene rings is 1. The lowest BCUT2D eigenvalue weighted by molar-refractivity contribution is 1.34. The minimum Gasteiger partial charge on any atom is -0.122 e. The first-order chi connectivity index (χ1) is 6.36. The van der Waals surface area contributed by atoms with Crippen LogP contribution in [0.1, 0.15) is 12.5 Å². The molecule has 0 saturated heterocycles. The van der Waals surface area contributed by atoms with E-state index in [2.05, 4.69) is 36.4 Å². The van der Waals surface area contributed by atoms with Gasteiger partial charge >= 0.3 is 0 Å². The molecule has 0 heterocycles. The van der Waals surface area contributed by atoms with Gasteiger partial charge in [-0.05, 0) is 24.6 Å². The fourth-order valence-electron chi connectivity index (χ4n) is 0.915. The lowest BCUT2D eigenvalue weighted by atomic mass is 10.2. The summed E-state index contributed by atoms with van der Waals surface area (Å²) >= 11 is 7.52. The third kappa shape index (κ3) is 3.88. The summed E-state index contributed by atoms with van der Waals surface area (Å²) in [6, 6.07) is 8.38. The van der Waals surface area contributed by atoms with Gasteiger partial charge in [-0.2, -0.15) is 0 Å². The van der Waals surface area contributed by atoms with Gasteiger partial charge in [0.15, 0.2) is 0 Å². The fraction of sp³-hybridized carbons (Fsp3) is 0.273. The van der Waals surface area contributed by atoms with Crippen LogP contribution < -0.4 is 0 Å². The normalized spacial score (nSPS) is 10.9. The van der Waals surface area contributed by atoms with Crippen LogP contribution in [0.2, 0.25) is 0 Å². The molecule has 0 bridgehead atoms. The van der Waals surface area contributed by atoms with Crippen molar-refractivity contribution < 1.29 is 0 Å². The third-order valence-electron chi connectivity index (χ3n) is 1.66. The van der Waals surface area contributed by atoms with E-state index in [0.717, 1.165) is 5.75 Å². The minimum atomic E-state index is 0.597. The van der Waals surface area contributed by atoms with Crippen molar-refractivity contribution in [2.75, 3.05) is 5.75 Å². The van der Waals surface area contributed by atoms with Gasteiger partial charge < -0.3 is 0 Å². The van der Waals surface area contributed by atoms with Crippen LogP contribution in [0.15, 0.2) is 41.3 Å². The van der Waals surface area contributed by atoms with Gasteiger partial charge in [0.05, 0.1) is 0 Å². The molecule has 0 spiro atoms. The summed E-state index contributed by atoms with van der Waals surface area (Å²) in [4.78, 5) is 1.30. The first-order valence-corrected chi connectivity index (χ1v) is 5.77. The summed E-state index contributed by atoms with van der Waals surface area (Å²) < 4.78 is 0. The summed E-state index contributed by atoms with van der Waals surface area (Å²) in [6.07, 6.45) is 4.22. The summed E-state index contributed by atoms with van der Waals surface area (Å²) in [6.45, 7) is 2.04. The van der Waals surface area contributed by atoms with Gasteiger partial charge in [0.2, 0.25) is 0 Å². The predicted octanol–water partition coefficient (Wildman–Crippen LogP) is 4.09. The van der Waals surface area contributed by atoms with Crippen molar-refractivity contribution in [1.82, 2.24) is 0 Å². The van der Waals surface area contributed by atoms with E-state index in [-0.39, 0.29) is 0 Å². The molecule has 0 aromatic heterocycles. The third-order valence-corrected chi connectivity index (χ3v) is 2.93. The quantitative estimate of drug-likeness (QED) is 0.412. The Labute approximate surface area is 89.0 Å². The van der Waals surface area contributed by atoms with E-state index in [9.17, 15) is 0 Å². The predicted molar refractivity (Wildman–Crippen MR) is 61.5 cm³/mol. The van der Waals surface area contributed by atoms with Crippen molar-refractivity contribution in [1.29, 1.82) is 0 Å². The monoisotopic (exact) mass is 212 g/mol. The molecular weight excluding hydrogens is 200 g/mol. The molecule has 2 heteroatoms. The van der Waals surface area contributed by atoms with E-state index in [4.69, 9.17) is 11.6 Å². The molecule has 0 amide bonds. The van der Waals surface area contributed by atoms with Crippen LogP contribution in [0.25, 0.3) is 0 Å². The Morgan fingerprint density at radius 3 is 2.54 bits per heavy atom. The average molecular weight is 213 g/mol. The van der Waals surface area contributed by atoms with Crippen molar-refractivity contribution in [3.63, 3.8) is 0 Å². The van der Waals surface area contributed by atoms with E-state index in [0.29, 0.717) is 5.88 Å². The van der Waals surface area contributed by atoms with E-state index in [1.165, 1.54) is 10.5 Å². The zero-order valence-electron chi connectivity index (χ0n) is 7.66. The van der Waals surface area contributed by atoms with Crippen molar-refractivity contribution in [2.45, 2.75) is 17.7 Å². The standard InChI is InChI=1S/C11H13ClS/c1-2-3-8-13-11-6-4-10(9-12)5-7-11/h2-7H,8-9H2,1H3/b3-2+. The van der Waals surface area contributed by atoms with Gasteiger partial charge in [-0.3, -0.25) is 0 Å². The first-order valence-electron chi connectivity index (χ1n) is 4.25. The van der Waals surface area contributed by atoms with Gasteiger partial charge in [0.1, 0.15) is 0 Å². The van der Waals surface area contributed by atoms with Gasteiger partial charge in [-0.15, -0.1) is 23.4 Å². The summed E-state index contributed by atoms with van der Waals surface area (Å²) in [5.41, 5.74) is 1.18. The van der Waals surface area contributed by atoms with E-state index >= 15 is 0 Å². The first kappa shape index (κ1) is 10.7. The van der Waals surface area contributed by atoms with Crippen LogP contribution in [-0.4, -0.2) is 5.75 Å². The lowest BCUT2D eigenvalue weighted by Crippen LogP contribution is -1.78. The topological polar surface area (TPSA) is 0 Å². The number of hydrogen-bond acceptors (Lipinski definition) is 1. The zero-order chi connectivity index (χ0) is 9.52. The molecule has 1 aromatic rings. The van der Waals surface area contributed by atoms with Gasteiger partial charge in [0, 0.05) is 16.5 Å². The molecule has 0 atom stereocenters. The smallest absolute Gasteiger partial charge is 0.0474 e. The van der Waals surface area contributed by atoms with E-state index < -0.39 is 0 Å². The highest BCUT2D eigenvalue weighted by Crippen LogP contribution is 2.18. The highest BCUT2D eigenvalue weighted by Gasteiger charge is 1.92. The second-order valence-electron chi connectivity index (χ2n) is 2.66. The fourth-order valence-corrected chi connectivity index (χ4v) is 1.90. The Morgan fingerprint density at radius 1 is 1.31 bits per heavy atom. The second kappa shape index (κ2) is 6.11. The van der Waals surface area contributed by atoms with Crippen LogP contribution in [0.4, 0.5) is 0 Å². The summed E-state index contributed by atoms with van der Waals surface area (Å²) in [5, 5.41) is 0. The average Bonchev–Trinajstić information content (AvgIpc) is 2.19. The Hall–Kier alpha value is -0.400. The van der Waals surface area contributed by atoms with Crippen LogP contribution >= 0.6 is 23.4 Å². The maximum Gasteiger partial charge on any atom is 0.0474 e. The number of halogens is 1. The molecular formula is C11H13ClS. The van der Waals surface area contributed by atoms with Crippen LogP contribution in [-0.2, 0) is 5.88 Å². The second-order valence-corrected chi connectivity index (χ2v) is 4.02. The molecule has 0 radical (unpaired) electrons. The van der Waals surface area contributed by atoms with E-state index in [1.807, 2.05) is 18.7 Å². The van der Waals surface area contributed by atoms with Crippen molar-refractivity contribution in [3.8, 4) is 0 Å². The largest absolute Gasteiger partial charge is 0.122 e. The van der Waals surface area contributed by atoms with Crippen molar-refractivity contribution >= 4 is 23.4 Å². The highest BCUT2D eigenvalue weighted by molar-refractivity contribution is 7.99. The molecule has 0 fully saturated rings. The summed E-state index contributed by atoms with van der Waals surface area (Å²) in [7, 11) is 0. The molecule has 0 unspecified atom stereocenters. The van der Waals surface area contributed by atoms with Gasteiger partial charge in [-0.1, -0.05) is 24.3 Å². The van der Waals surface area contributed by atoms with Crippen LogP contribution in [0.3, 0.4) is 0 Å². The Morgan fingerprint density at radius 2 is 2.00 bits per heavy atom. The number of thioether (sulfide) groups is 1. The van der Waals surface area contributed by atoms with Crippen molar-refractivity contribution in [3.05, 3.63) is 42.0 Å². The zero-order valence-corrected chi connectivity index (χ0v) is 9.24. The van der Waals surface area contributed by atoms with Gasteiger partial charge in [-0.25, -0.2) is 0 Å². The SMILES string of the molecule is C/C=C/CSc1ccc(CCl)cc1. The Kier molecular flexibility index (Phi) is 5.02. The van der Waals surface area contributed by atoms with Crippen LogP contribution in [0.5, 0.6) is 0 Å². The Balaban J connectivity index is 2.49. The summed E-state index contributed by atoms with van der Waals surface area (Å²) in [5.74, 6) is 1.64. The molecule has 0 aliphatic heterocycles. The number of alkyl halides is 1. The Bertz CT molecular complexity index is 264. The number of allylic oxidation sites excluding steroid dienone is 1. The lowest BCUT2D eigenvalue weighted by Gasteiger charge is -1.99. The maximum absolute atomic E-state index is 5.69. The molecule has 0 N–H and O–H groups in total. The molecule has 0 nitrogen and oxygen atoms in total. The number of hydrogen-bond donors (Lipinski definition) is 0. The van der Waals surface area contributed by atoms with Gasteiger partial charge in [0.25, 0.3) is 0 Å². The molecule has 0 aliphatic rings. The molecule has 70 valence electrons. The minimum absolute atomic E-state index is 0.597. The molecule has 0 saturated carbocycles. The molecule has 1 rings (SSSR count). The molecule has 0 aliphatic carbocycles. The van der Waals surface area contributed by atoms with Crippen molar-refractivity contribution in [2.24, 2.45) is 0 Å². The number of rotatable bonds is 4. The van der Waals surface area contributed by atoms with E-state index in [1.54, 1.807) is 0 Å². The highest BCUT2D eigenvalue weighted by atomic mass is 35.5. The maximum atomic E-state index is 5.69.